The number of nitrogens with one attached hydrogen (secondary N) is 7. The normalized spacial score (nSPS) is 10.2. The van der Waals surface area contributed by atoms with Gasteiger partial charge in [-0.1, -0.05) is 133 Å². The number of tetrazole rings is 1. The van der Waals surface area contributed by atoms with E-state index >= 15 is 0 Å². The molecule has 0 atom stereocenters. The van der Waals surface area contributed by atoms with E-state index in [4.69, 9.17) is 8.94 Å². The third kappa shape index (κ3) is 28.6. The van der Waals surface area contributed by atoms with Crippen molar-refractivity contribution in [1.29, 1.82) is 0 Å². The lowest BCUT2D eigenvalue weighted by molar-refractivity contribution is -0.124. The highest BCUT2D eigenvalue weighted by molar-refractivity contribution is 7.05. The predicted octanol–water partition coefficient (Wildman–Crippen LogP) is 7.26. The predicted molar refractivity (Wildman–Crippen MR) is 270 cm³/mol. The van der Waals surface area contributed by atoms with E-state index in [0.717, 1.165) is 28.0 Å². The second-order valence-corrected chi connectivity index (χ2v) is 18.7. The molecule has 0 unspecified atom stereocenters. The van der Waals surface area contributed by atoms with Gasteiger partial charge >= 0.3 is 5.76 Å². The van der Waals surface area contributed by atoms with E-state index in [0.29, 0.717) is 34.7 Å². The van der Waals surface area contributed by atoms with Crippen molar-refractivity contribution in [3.05, 3.63) is 116 Å². The maximum absolute atomic E-state index is 11.4. The van der Waals surface area contributed by atoms with Gasteiger partial charge in [0.25, 0.3) is 16.7 Å². The number of aromatic nitrogens is 10. The highest BCUT2D eigenvalue weighted by Gasteiger charge is 2.08. The molecule has 0 bridgehead atoms. The van der Waals surface area contributed by atoms with E-state index in [-0.39, 0.29) is 69.4 Å². The molecule has 0 aromatic carbocycles. The van der Waals surface area contributed by atoms with Crippen LogP contribution in [0.4, 0.5) is 0 Å². The lowest BCUT2D eigenvalue weighted by Crippen LogP contribution is -2.22. The van der Waals surface area contributed by atoms with Crippen LogP contribution in [-0.2, 0) is 9.59 Å². The molecule has 6 heterocycles. The second kappa shape index (κ2) is 34.9. The van der Waals surface area contributed by atoms with E-state index in [1.807, 2.05) is 96.9 Å². The van der Waals surface area contributed by atoms with Crippen LogP contribution < -0.4 is 38.5 Å². The summed E-state index contributed by atoms with van der Waals surface area (Å²) in [5.41, 5.74) is 1.98. The largest absolute Gasteiger partial charge is 0.472 e. The molecule has 0 saturated heterocycles. The first-order chi connectivity index (χ1) is 32.1. The van der Waals surface area contributed by atoms with Crippen molar-refractivity contribution in [3.63, 3.8) is 0 Å². The quantitative estimate of drug-likeness (QED) is 0.0788. The van der Waals surface area contributed by atoms with Gasteiger partial charge in [-0.25, -0.2) is 4.79 Å². The van der Waals surface area contributed by atoms with Gasteiger partial charge in [0.1, 0.15) is 11.5 Å². The fraction of sp³-hybridized carbons (Fsp3) is 0.600. The number of carbonyl (C=O) groups excluding carboxylic acids is 2. The number of aromatic amines is 5. The lowest BCUT2D eigenvalue weighted by Gasteiger charge is -2.02. The van der Waals surface area contributed by atoms with Gasteiger partial charge in [0.15, 0.2) is 17.1 Å². The Morgan fingerprint density at radius 2 is 1.26 bits per heavy atom. The van der Waals surface area contributed by atoms with Crippen LogP contribution in [0.2, 0.25) is 0 Å². The van der Waals surface area contributed by atoms with Gasteiger partial charge in [0.05, 0.1) is 12.5 Å². The molecular weight excluding hydrogens is 933 g/mol. The first-order valence-corrected chi connectivity index (χ1v) is 23.9. The zero-order valence-electron chi connectivity index (χ0n) is 43.6. The molecule has 0 radical (unpaired) electrons. The molecule has 388 valence electrons. The van der Waals surface area contributed by atoms with Crippen LogP contribution in [0.15, 0.2) is 62.1 Å². The van der Waals surface area contributed by atoms with Crippen molar-refractivity contribution in [1.82, 2.24) is 59.7 Å². The van der Waals surface area contributed by atoms with E-state index < -0.39 is 5.76 Å². The van der Waals surface area contributed by atoms with Crippen molar-refractivity contribution in [2.24, 2.45) is 11.8 Å². The van der Waals surface area contributed by atoms with Gasteiger partial charge < -0.3 is 19.6 Å². The maximum atomic E-state index is 11.4. The first-order valence-electron chi connectivity index (χ1n) is 22.3. The molecule has 0 fully saturated rings. The average molecular weight is 1010 g/mol. The Morgan fingerprint density at radius 3 is 1.48 bits per heavy atom. The molecule has 7 N–H and O–H groups in total. The van der Waals surface area contributed by atoms with E-state index in [1.165, 1.54) is 30.1 Å². The number of hydrogen-bond donors (Lipinski definition) is 7. The van der Waals surface area contributed by atoms with Crippen LogP contribution in [0.1, 0.15) is 185 Å². The number of carbonyl (C=O) groups is 2. The van der Waals surface area contributed by atoms with Gasteiger partial charge in [0.2, 0.25) is 11.8 Å². The second-order valence-electron chi connectivity index (χ2n) is 17.3. The minimum atomic E-state index is -0.487. The van der Waals surface area contributed by atoms with Crippen molar-refractivity contribution in [2.45, 2.75) is 153 Å². The summed E-state index contributed by atoms with van der Waals surface area (Å²) in [6.45, 7) is 33.0. The summed E-state index contributed by atoms with van der Waals surface area (Å²) in [6.07, 6.45) is 3.01. The zero-order chi connectivity index (χ0) is 53.6. The number of amides is 2. The van der Waals surface area contributed by atoms with Crippen molar-refractivity contribution in [3.8, 4) is 0 Å². The summed E-state index contributed by atoms with van der Waals surface area (Å²) in [7, 11) is 3.28. The van der Waals surface area contributed by atoms with E-state index in [2.05, 4.69) is 78.0 Å². The van der Waals surface area contributed by atoms with Crippen LogP contribution in [-0.4, -0.2) is 75.0 Å². The Bertz CT molecular complexity index is 2400. The molecule has 0 spiro atoms. The lowest BCUT2D eigenvalue weighted by atomic mass is 10.0. The van der Waals surface area contributed by atoms with Gasteiger partial charge in [0, 0.05) is 89.5 Å². The van der Waals surface area contributed by atoms with Gasteiger partial charge in [-0.3, -0.25) is 47.0 Å². The summed E-state index contributed by atoms with van der Waals surface area (Å²) in [4.78, 5) is 77.8. The molecule has 0 aliphatic carbocycles. The first kappa shape index (κ1) is 64.8. The molecule has 6 aromatic heterocycles. The van der Waals surface area contributed by atoms with Crippen molar-refractivity contribution in [2.75, 3.05) is 14.1 Å². The zero-order valence-corrected chi connectivity index (χ0v) is 45.2. The fourth-order valence-electron chi connectivity index (χ4n) is 4.16. The van der Waals surface area contributed by atoms with Crippen LogP contribution in [0.3, 0.4) is 0 Å². The number of aryl methyl sites for hydroxylation is 1. The van der Waals surface area contributed by atoms with E-state index in [1.54, 1.807) is 27.1 Å². The molecule has 0 aliphatic heterocycles. The molecule has 6 rings (SSSR count). The van der Waals surface area contributed by atoms with Crippen LogP contribution in [0.5, 0.6) is 0 Å². The number of rotatable bonds is 8. The topological polar surface area (TPSA) is 326 Å². The van der Waals surface area contributed by atoms with Crippen LogP contribution in [0, 0.1) is 18.8 Å². The Morgan fingerprint density at radius 1 is 0.681 bits per heavy atom. The molecule has 24 heteroatoms. The van der Waals surface area contributed by atoms with Crippen molar-refractivity contribution < 1.29 is 23.1 Å². The number of hydrogen-bond acceptors (Lipinski definition) is 17. The standard InChI is InChI=1S/C9H12O2.C6H9NO2.C6H9NOS.C5H8N2O2.C5H8N2OS.2C5H11NO.C4H8N4/c1-6(2)8-5-11-4-7(3)9(8)10;2*1-4(2)5-3-6(8)7-9-5;1-3(2)4-6-5(8)9-7-4;1-3(2)4-5(8)7-9-6-4;2*1-4(2)5(7)6-3;1-3(2)4-5-7-8-6-4/h4-6H,1-3H3;2*3-4H,1-2H3,(H,7,8);3H,1-2H3,(H,6,7,8);3H,1-2H3,(H,7,8);2*4H,1-3H3,(H,6,7);3H,1-2H3,(H,5,6,7,8). The molecule has 0 aliphatic rings. The van der Waals surface area contributed by atoms with Gasteiger partial charge in [-0.15, -0.1) is 10.2 Å². The Hall–Kier alpha value is -6.30. The van der Waals surface area contributed by atoms with Crippen LogP contribution >= 0.6 is 23.3 Å². The number of H-pyrrole nitrogens is 5. The molecule has 6 aromatic rings. The minimum Gasteiger partial charge on any atom is -0.472 e. The van der Waals surface area contributed by atoms with Gasteiger partial charge in [-0.05, 0) is 18.8 Å². The SMILES string of the molecule is CC(C)c1cc(=O)[nH]o1.CC(C)c1cc(=O)[nH]s1.CC(C)c1nn[nH]n1.CC(C)c1noc(=O)[nH]1.CC(C)c1ns[nH]c1=O.CNC(=O)C(C)C.CNC(=O)C(C)C.Cc1cocc(C(C)C)c1=O. The Labute approximate surface area is 411 Å². The summed E-state index contributed by atoms with van der Waals surface area (Å²) >= 11 is 2.53. The smallest absolute Gasteiger partial charge is 0.438 e. The maximum Gasteiger partial charge on any atom is 0.438 e. The monoisotopic (exact) mass is 1010 g/mol. The Kier molecular flexibility index (Phi) is 32.8. The third-order valence-corrected chi connectivity index (χ3v) is 10.1. The van der Waals surface area contributed by atoms with Crippen molar-refractivity contribution >= 4 is 35.1 Å². The molecule has 2 amide bonds. The highest BCUT2D eigenvalue weighted by Crippen LogP contribution is 2.14. The third-order valence-electron chi connectivity index (χ3n) is 8.39. The van der Waals surface area contributed by atoms with E-state index in [9.17, 15) is 33.6 Å². The summed E-state index contributed by atoms with van der Waals surface area (Å²) in [5, 5.41) is 24.1. The molecular formula is C45H76N12O10S2. The minimum absolute atomic E-state index is 0.0173. The molecule has 0 saturated carbocycles. The van der Waals surface area contributed by atoms with Crippen LogP contribution in [0.25, 0.3) is 0 Å². The number of nitrogens with zero attached hydrogens (tertiary/aromatic N) is 5. The highest BCUT2D eigenvalue weighted by atomic mass is 32.1. The fourth-order valence-corrected chi connectivity index (χ4v) is 5.47. The van der Waals surface area contributed by atoms with Gasteiger partial charge in [-0.2, -0.15) is 14.7 Å². The molecule has 69 heavy (non-hydrogen) atoms. The Balaban J connectivity index is 0. The summed E-state index contributed by atoms with van der Waals surface area (Å²) in [6, 6.07) is 3.11. The summed E-state index contributed by atoms with van der Waals surface area (Å²) < 4.78 is 23.1. The summed E-state index contributed by atoms with van der Waals surface area (Å²) in [5.74, 6) is 3.83. The molecule has 22 nitrogen and oxygen atoms in total. The average Bonchev–Trinajstić information content (AvgIpc) is 4.15.